The summed E-state index contributed by atoms with van der Waals surface area (Å²) in [6, 6.07) is 73.9. The lowest BCUT2D eigenvalue weighted by Crippen LogP contribution is -2.15. The minimum atomic E-state index is -0.182. The number of hydrogen-bond acceptors (Lipinski definition) is 0. The first-order chi connectivity index (χ1) is 29.5. The van der Waals surface area contributed by atoms with Crippen molar-refractivity contribution in [2.75, 3.05) is 0 Å². The molecule has 13 rings (SSSR count). The maximum Gasteiger partial charge on any atom is 0.0547 e. The average Bonchev–Trinajstić information content (AvgIpc) is 4.00. The lowest BCUT2D eigenvalue weighted by Gasteiger charge is -2.22. The standard InChI is InChI=1S/C57H39N3/c1-57(2)47-29-32-54-56(44-21-11-14-24-51(44)59(54)39-17-7-4-8-18-39)55(47)43-28-27-40(35-48(43)57)60-50-23-13-10-20-42(50)46-34-37(26-31-53(46)60)36-25-30-52-45(33-36)41-19-9-12-22-49(41)58(52)38-15-5-3-6-16-38/h3-35H,1-2H3. The maximum atomic E-state index is 2.47. The van der Waals surface area contributed by atoms with Crippen molar-refractivity contribution >= 4 is 65.4 Å². The molecule has 0 amide bonds. The third-order valence-corrected chi connectivity index (χ3v) is 13.4. The van der Waals surface area contributed by atoms with Crippen LogP contribution in [0.1, 0.15) is 25.0 Å². The van der Waals surface area contributed by atoms with Gasteiger partial charge in [0.2, 0.25) is 0 Å². The van der Waals surface area contributed by atoms with Gasteiger partial charge in [-0.25, -0.2) is 0 Å². The van der Waals surface area contributed by atoms with Gasteiger partial charge in [-0.3, -0.25) is 0 Å². The monoisotopic (exact) mass is 765 g/mol. The second-order valence-electron chi connectivity index (χ2n) is 16.9. The molecule has 0 aliphatic heterocycles. The van der Waals surface area contributed by atoms with Crippen LogP contribution >= 0.6 is 0 Å². The molecule has 282 valence electrons. The number of para-hydroxylation sites is 5. The number of fused-ring (bicyclic) bond motifs is 13. The lowest BCUT2D eigenvalue weighted by molar-refractivity contribution is 0.660. The van der Waals surface area contributed by atoms with Crippen molar-refractivity contribution in [3.63, 3.8) is 0 Å². The Balaban J connectivity index is 0.978. The highest BCUT2D eigenvalue weighted by molar-refractivity contribution is 6.18. The van der Waals surface area contributed by atoms with Crippen LogP contribution < -0.4 is 0 Å². The number of benzene rings is 9. The minimum absolute atomic E-state index is 0.182. The van der Waals surface area contributed by atoms with E-state index in [1.807, 2.05) is 0 Å². The molecule has 0 unspecified atom stereocenters. The summed E-state index contributed by atoms with van der Waals surface area (Å²) in [5, 5.41) is 7.67. The van der Waals surface area contributed by atoms with E-state index < -0.39 is 0 Å². The Morgan fingerprint density at radius 1 is 0.317 bits per heavy atom. The number of aromatic nitrogens is 3. The van der Waals surface area contributed by atoms with Crippen LogP contribution in [-0.4, -0.2) is 13.7 Å². The van der Waals surface area contributed by atoms with Crippen LogP contribution in [0.15, 0.2) is 200 Å². The Morgan fingerprint density at radius 2 is 0.767 bits per heavy atom. The van der Waals surface area contributed by atoms with E-state index in [1.54, 1.807) is 0 Å². The number of nitrogens with zero attached hydrogens (tertiary/aromatic N) is 3. The van der Waals surface area contributed by atoms with Gasteiger partial charge in [0.15, 0.2) is 0 Å². The molecule has 1 aliphatic rings. The highest BCUT2D eigenvalue weighted by Gasteiger charge is 2.38. The largest absolute Gasteiger partial charge is 0.309 e. The molecule has 3 heteroatoms. The summed E-state index contributed by atoms with van der Waals surface area (Å²) in [6.07, 6.45) is 0. The van der Waals surface area contributed by atoms with Crippen molar-refractivity contribution in [3.05, 3.63) is 211 Å². The topological polar surface area (TPSA) is 14.8 Å². The second kappa shape index (κ2) is 12.2. The van der Waals surface area contributed by atoms with Gasteiger partial charge in [0.25, 0.3) is 0 Å². The third-order valence-electron chi connectivity index (χ3n) is 13.4. The van der Waals surface area contributed by atoms with E-state index in [0.29, 0.717) is 0 Å². The van der Waals surface area contributed by atoms with Crippen LogP contribution in [-0.2, 0) is 5.41 Å². The minimum Gasteiger partial charge on any atom is -0.309 e. The Kier molecular flexibility index (Phi) is 6.78. The van der Waals surface area contributed by atoms with Crippen molar-refractivity contribution in [2.24, 2.45) is 0 Å². The van der Waals surface area contributed by atoms with Gasteiger partial charge in [-0.15, -0.1) is 0 Å². The van der Waals surface area contributed by atoms with E-state index in [2.05, 4.69) is 228 Å². The predicted molar refractivity (Wildman–Crippen MR) is 252 cm³/mol. The maximum absolute atomic E-state index is 2.47. The summed E-state index contributed by atoms with van der Waals surface area (Å²) in [5.41, 5.74) is 18.6. The molecular formula is C57H39N3. The second-order valence-corrected chi connectivity index (χ2v) is 16.9. The van der Waals surface area contributed by atoms with Crippen molar-refractivity contribution in [2.45, 2.75) is 19.3 Å². The Labute approximate surface area is 347 Å². The molecule has 0 spiro atoms. The van der Waals surface area contributed by atoms with E-state index in [1.165, 1.54) is 116 Å². The van der Waals surface area contributed by atoms with Crippen LogP contribution in [0.3, 0.4) is 0 Å². The zero-order valence-corrected chi connectivity index (χ0v) is 33.4. The smallest absolute Gasteiger partial charge is 0.0547 e. The van der Waals surface area contributed by atoms with Gasteiger partial charge >= 0.3 is 0 Å². The molecule has 0 radical (unpaired) electrons. The summed E-state index contributed by atoms with van der Waals surface area (Å²) < 4.78 is 7.28. The molecule has 3 heterocycles. The van der Waals surface area contributed by atoms with Crippen LogP contribution in [0, 0.1) is 0 Å². The van der Waals surface area contributed by atoms with Gasteiger partial charge in [0.05, 0.1) is 33.1 Å². The molecule has 0 saturated heterocycles. The van der Waals surface area contributed by atoms with Crippen LogP contribution in [0.4, 0.5) is 0 Å². The fourth-order valence-corrected chi connectivity index (χ4v) is 10.7. The van der Waals surface area contributed by atoms with Crippen molar-refractivity contribution in [1.29, 1.82) is 0 Å². The summed E-state index contributed by atoms with van der Waals surface area (Å²) in [7, 11) is 0. The molecule has 0 bridgehead atoms. The third kappa shape index (κ3) is 4.49. The molecule has 0 N–H and O–H groups in total. The summed E-state index contributed by atoms with van der Waals surface area (Å²) in [6.45, 7) is 4.80. The molecule has 3 nitrogen and oxygen atoms in total. The van der Waals surface area contributed by atoms with E-state index >= 15 is 0 Å². The van der Waals surface area contributed by atoms with Crippen LogP contribution in [0.5, 0.6) is 0 Å². The Hall–Kier alpha value is -7.62. The predicted octanol–water partition coefficient (Wildman–Crippen LogP) is 15.0. The fourth-order valence-electron chi connectivity index (χ4n) is 10.7. The van der Waals surface area contributed by atoms with Gasteiger partial charge in [-0.05, 0) is 118 Å². The van der Waals surface area contributed by atoms with Gasteiger partial charge in [0.1, 0.15) is 0 Å². The number of rotatable bonds is 4. The zero-order chi connectivity index (χ0) is 39.7. The van der Waals surface area contributed by atoms with Crippen LogP contribution in [0.25, 0.3) is 105 Å². The van der Waals surface area contributed by atoms with E-state index in [9.17, 15) is 0 Å². The van der Waals surface area contributed by atoms with E-state index in [0.717, 1.165) is 0 Å². The number of hydrogen-bond donors (Lipinski definition) is 0. The quantitative estimate of drug-likeness (QED) is 0.169. The highest BCUT2D eigenvalue weighted by Crippen LogP contribution is 2.54. The highest BCUT2D eigenvalue weighted by atomic mass is 15.0. The van der Waals surface area contributed by atoms with Crippen LogP contribution in [0.2, 0.25) is 0 Å². The normalized spacial score (nSPS) is 13.3. The SMILES string of the molecule is CC1(C)c2cc(-n3c4ccccc4c4cc(-c5ccc6c(c5)c5ccccc5n6-c5ccccc5)ccc43)ccc2-c2c1ccc1c2c2ccccc2n1-c1ccccc1. The molecule has 12 aromatic rings. The average molecular weight is 766 g/mol. The first kappa shape index (κ1) is 33.4. The van der Waals surface area contributed by atoms with Crippen molar-refractivity contribution in [3.8, 4) is 39.3 Å². The van der Waals surface area contributed by atoms with E-state index in [4.69, 9.17) is 0 Å². The molecule has 9 aromatic carbocycles. The van der Waals surface area contributed by atoms with Gasteiger partial charge in [0, 0.05) is 54.8 Å². The molecule has 60 heavy (non-hydrogen) atoms. The summed E-state index contributed by atoms with van der Waals surface area (Å²) in [5.74, 6) is 0. The Morgan fingerprint density at radius 3 is 1.35 bits per heavy atom. The van der Waals surface area contributed by atoms with E-state index in [-0.39, 0.29) is 5.41 Å². The molecule has 3 aromatic heterocycles. The van der Waals surface area contributed by atoms with Gasteiger partial charge < -0.3 is 13.7 Å². The Bertz CT molecular complexity index is 3730. The fraction of sp³-hybridized carbons (Fsp3) is 0.0526. The summed E-state index contributed by atoms with van der Waals surface area (Å²) in [4.78, 5) is 0. The summed E-state index contributed by atoms with van der Waals surface area (Å²) >= 11 is 0. The molecule has 0 atom stereocenters. The van der Waals surface area contributed by atoms with Crippen molar-refractivity contribution < 1.29 is 0 Å². The molecule has 1 aliphatic carbocycles. The molecular weight excluding hydrogens is 727 g/mol. The van der Waals surface area contributed by atoms with Gasteiger partial charge in [-0.1, -0.05) is 129 Å². The van der Waals surface area contributed by atoms with Crippen molar-refractivity contribution in [1.82, 2.24) is 13.7 Å². The molecule has 0 saturated carbocycles. The lowest BCUT2D eigenvalue weighted by atomic mass is 9.82. The zero-order valence-electron chi connectivity index (χ0n) is 33.4. The molecule has 0 fully saturated rings. The van der Waals surface area contributed by atoms with Gasteiger partial charge in [-0.2, -0.15) is 0 Å². The first-order valence-corrected chi connectivity index (χ1v) is 20.9. The first-order valence-electron chi connectivity index (χ1n) is 20.9.